The molecule has 0 heteroatoms. The zero-order valence-corrected chi connectivity index (χ0v) is 8.61. The zero-order chi connectivity index (χ0) is 9.40. The topological polar surface area (TPSA) is 0 Å². The number of unbranched alkanes of at least 4 members (excludes halogenated alkanes) is 1. The number of hydrogen-bond acceptors (Lipinski definition) is 0. The third-order valence-corrected chi connectivity index (χ3v) is 1.95. The summed E-state index contributed by atoms with van der Waals surface area (Å²) >= 11 is 0. The predicted molar refractivity (Wildman–Crippen MR) is 56.2 cm³/mol. The van der Waals surface area contributed by atoms with Crippen LogP contribution in [-0.2, 0) is 0 Å². The fourth-order valence-corrected chi connectivity index (χ4v) is 1.14. The molecule has 0 aromatic heterocycles. The molecule has 0 bridgehead atoms. The van der Waals surface area contributed by atoms with Gasteiger partial charge in [0.15, 0.2) is 0 Å². The van der Waals surface area contributed by atoms with Crippen LogP contribution >= 0.6 is 0 Å². The van der Waals surface area contributed by atoms with Gasteiger partial charge >= 0.3 is 0 Å². The van der Waals surface area contributed by atoms with Gasteiger partial charge in [-0.15, -0.1) is 5.73 Å². The maximum Gasteiger partial charge on any atom is -0.00688 e. The van der Waals surface area contributed by atoms with Crippen LogP contribution in [0.5, 0.6) is 0 Å². The quantitative estimate of drug-likeness (QED) is 0.421. The molecule has 0 saturated heterocycles. The van der Waals surface area contributed by atoms with E-state index in [1.54, 1.807) is 0 Å². The first-order chi connectivity index (χ1) is 5.76. The summed E-state index contributed by atoms with van der Waals surface area (Å²) in [4.78, 5) is 0. The summed E-state index contributed by atoms with van der Waals surface area (Å²) in [5.41, 5.74) is 5.60. The predicted octanol–water partition coefficient (Wildman–Crippen LogP) is 4.24. The van der Waals surface area contributed by atoms with Crippen LogP contribution in [0.4, 0.5) is 0 Å². The van der Waals surface area contributed by atoms with Crippen molar-refractivity contribution in [3.8, 4) is 0 Å². The van der Waals surface area contributed by atoms with Crippen LogP contribution in [0.25, 0.3) is 0 Å². The van der Waals surface area contributed by atoms with Gasteiger partial charge in [-0.3, -0.25) is 0 Å². The summed E-state index contributed by atoms with van der Waals surface area (Å²) in [6.45, 7) is 10.2. The van der Waals surface area contributed by atoms with Gasteiger partial charge in [0, 0.05) is 0 Å². The first-order valence-corrected chi connectivity index (χ1v) is 4.82. The molecule has 0 aromatic carbocycles. The van der Waals surface area contributed by atoms with Gasteiger partial charge in [-0.2, -0.15) is 0 Å². The number of rotatable bonds is 5. The van der Waals surface area contributed by atoms with Gasteiger partial charge in [-0.05, 0) is 30.9 Å². The Balaban J connectivity index is 4.31. The highest BCUT2D eigenvalue weighted by molar-refractivity contribution is 5.27. The minimum absolute atomic E-state index is 1.16. The number of hydrogen-bond donors (Lipinski definition) is 0. The average molecular weight is 164 g/mol. The molecule has 0 amide bonds. The fraction of sp³-hybridized carbons (Fsp3) is 0.583. The monoisotopic (exact) mass is 164 g/mol. The Morgan fingerprint density at radius 2 is 2.00 bits per heavy atom. The Bertz CT molecular complexity index is 190. The Kier molecular flexibility index (Phi) is 6.51. The molecule has 0 unspecified atom stereocenters. The average Bonchev–Trinajstić information content (AvgIpc) is 2.11. The van der Waals surface area contributed by atoms with Crippen molar-refractivity contribution in [3.63, 3.8) is 0 Å². The van der Waals surface area contributed by atoms with E-state index >= 15 is 0 Å². The van der Waals surface area contributed by atoms with Gasteiger partial charge in [-0.25, -0.2) is 0 Å². The highest BCUT2D eigenvalue weighted by atomic mass is 14.0. The molecule has 0 atom stereocenters. The van der Waals surface area contributed by atoms with Gasteiger partial charge in [0.2, 0.25) is 0 Å². The van der Waals surface area contributed by atoms with E-state index in [1.807, 2.05) is 0 Å². The molecule has 0 fully saturated rings. The van der Waals surface area contributed by atoms with E-state index in [9.17, 15) is 0 Å². The molecule has 0 aromatic rings. The van der Waals surface area contributed by atoms with Crippen molar-refractivity contribution >= 4 is 0 Å². The minimum atomic E-state index is 1.16. The Labute approximate surface area is 76.7 Å². The van der Waals surface area contributed by atoms with Crippen LogP contribution in [0.2, 0.25) is 0 Å². The van der Waals surface area contributed by atoms with Crippen molar-refractivity contribution in [2.45, 2.75) is 46.5 Å². The Morgan fingerprint density at radius 1 is 1.33 bits per heavy atom. The Morgan fingerprint density at radius 3 is 2.42 bits per heavy atom. The zero-order valence-electron chi connectivity index (χ0n) is 8.61. The molecule has 12 heavy (non-hydrogen) atoms. The third-order valence-electron chi connectivity index (χ3n) is 1.95. The summed E-state index contributed by atoms with van der Waals surface area (Å²) in [7, 11) is 0. The lowest BCUT2D eigenvalue weighted by Gasteiger charge is -2.03. The molecule has 0 radical (unpaired) electrons. The van der Waals surface area contributed by atoms with Crippen LogP contribution in [0.3, 0.4) is 0 Å². The molecule has 0 aliphatic heterocycles. The fourth-order valence-electron chi connectivity index (χ4n) is 1.14. The van der Waals surface area contributed by atoms with E-state index in [1.165, 1.54) is 30.4 Å². The molecular weight excluding hydrogens is 144 g/mol. The second-order valence-electron chi connectivity index (χ2n) is 3.07. The maximum atomic E-state index is 3.67. The summed E-state index contributed by atoms with van der Waals surface area (Å²) in [5.74, 6) is 0. The van der Waals surface area contributed by atoms with Crippen molar-refractivity contribution in [1.29, 1.82) is 0 Å². The maximum absolute atomic E-state index is 3.67. The molecule has 0 aliphatic rings. The van der Waals surface area contributed by atoms with Gasteiger partial charge in [0.1, 0.15) is 0 Å². The first-order valence-electron chi connectivity index (χ1n) is 4.82. The van der Waals surface area contributed by atoms with Crippen molar-refractivity contribution < 1.29 is 0 Å². The third kappa shape index (κ3) is 4.20. The molecule has 0 saturated carbocycles. The van der Waals surface area contributed by atoms with E-state index in [4.69, 9.17) is 0 Å². The largest absolute Gasteiger partial charge is 0.125 e. The lowest BCUT2D eigenvalue weighted by molar-refractivity contribution is 0.882. The van der Waals surface area contributed by atoms with Crippen LogP contribution in [0.15, 0.2) is 29.5 Å². The second kappa shape index (κ2) is 6.94. The van der Waals surface area contributed by atoms with Crippen molar-refractivity contribution in [2.24, 2.45) is 0 Å². The molecule has 0 N–H and O–H groups in total. The molecule has 0 heterocycles. The van der Waals surface area contributed by atoms with Crippen LogP contribution in [0, 0.1) is 0 Å². The lowest BCUT2D eigenvalue weighted by Crippen LogP contribution is -1.84. The summed E-state index contributed by atoms with van der Waals surface area (Å²) < 4.78 is 0. The highest BCUT2D eigenvalue weighted by Crippen LogP contribution is 2.15. The van der Waals surface area contributed by atoms with Crippen molar-refractivity contribution in [2.75, 3.05) is 0 Å². The van der Waals surface area contributed by atoms with E-state index in [2.05, 4.69) is 39.2 Å². The molecule has 0 rings (SSSR count). The van der Waals surface area contributed by atoms with Gasteiger partial charge in [0.05, 0.1) is 0 Å². The van der Waals surface area contributed by atoms with Crippen LogP contribution < -0.4 is 0 Å². The van der Waals surface area contributed by atoms with Crippen LogP contribution in [0.1, 0.15) is 46.5 Å². The van der Waals surface area contributed by atoms with Gasteiger partial charge in [-0.1, -0.05) is 39.3 Å². The Hall–Kier alpha value is -0.740. The summed E-state index contributed by atoms with van der Waals surface area (Å²) in [6, 6.07) is 0. The van der Waals surface area contributed by atoms with Gasteiger partial charge < -0.3 is 0 Å². The van der Waals surface area contributed by atoms with E-state index in [0.717, 1.165) is 6.42 Å². The normalized spacial score (nSPS) is 11.1. The molecular formula is C12H20. The number of allylic oxidation sites excluding steroid dienone is 3. The van der Waals surface area contributed by atoms with E-state index < -0.39 is 0 Å². The van der Waals surface area contributed by atoms with Crippen LogP contribution in [-0.4, -0.2) is 0 Å². The minimum Gasteiger partial charge on any atom is -0.125 e. The SMILES string of the molecule is C=C=C(C)C(=CCCC)CCC. The van der Waals surface area contributed by atoms with Crippen molar-refractivity contribution in [1.82, 2.24) is 0 Å². The smallest absolute Gasteiger partial charge is 0.00688 e. The first kappa shape index (κ1) is 11.3. The van der Waals surface area contributed by atoms with E-state index in [-0.39, 0.29) is 0 Å². The standard InChI is InChI=1S/C12H20/c1-5-8-10-12(9-6-2)11(4)7-3/h10H,3,5-6,8-9H2,1-2,4H3. The van der Waals surface area contributed by atoms with Gasteiger partial charge in [0.25, 0.3) is 0 Å². The second-order valence-corrected chi connectivity index (χ2v) is 3.07. The molecule has 0 nitrogen and oxygen atoms in total. The summed E-state index contributed by atoms with van der Waals surface area (Å²) in [5, 5.41) is 0. The van der Waals surface area contributed by atoms with Crippen molar-refractivity contribution in [3.05, 3.63) is 29.5 Å². The lowest BCUT2D eigenvalue weighted by atomic mass is 10.0. The molecule has 68 valence electrons. The molecule has 0 spiro atoms. The summed E-state index contributed by atoms with van der Waals surface area (Å²) in [6.07, 6.45) is 7.08. The van der Waals surface area contributed by atoms with E-state index in [0.29, 0.717) is 0 Å². The molecule has 0 aliphatic carbocycles. The highest BCUT2D eigenvalue weighted by Gasteiger charge is 1.96.